The molecule has 0 unspecified atom stereocenters. The van der Waals surface area contributed by atoms with Crippen molar-refractivity contribution in [2.45, 2.75) is 45.1 Å². The van der Waals surface area contributed by atoms with Crippen LogP contribution in [0.25, 0.3) is 22.4 Å². The number of benzene rings is 3. The second kappa shape index (κ2) is 10.1. The smallest absolute Gasteiger partial charge is 0.255 e. The Morgan fingerprint density at radius 2 is 1.82 bits per heavy atom. The zero-order chi connectivity index (χ0) is 26.2. The molecule has 2 heterocycles. The Hall–Kier alpha value is -3.83. The van der Waals surface area contributed by atoms with Crippen LogP contribution in [-0.2, 0) is 0 Å². The lowest BCUT2D eigenvalue weighted by Crippen LogP contribution is -2.20. The number of fused-ring (bicyclic) bond motifs is 2. The number of nitrogens with zero attached hydrogens (tertiary/aromatic N) is 3. The highest BCUT2D eigenvalue weighted by molar-refractivity contribution is 9.10. The average Bonchev–Trinajstić information content (AvgIpc) is 3.56. The summed E-state index contributed by atoms with van der Waals surface area (Å²) in [6.07, 6.45) is 6.21. The molecule has 1 saturated carbocycles. The van der Waals surface area contributed by atoms with E-state index in [1.54, 1.807) is 24.3 Å². The van der Waals surface area contributed by atoms with Crippen LogP contribution in [-0.4, -0.2) is 22.3 Å². The van der Waals surface area contributed by atoms with E-state index in [-0.39, 0.29) is 18.7 Å². The van der Waals surface area contributed by atoms with Gasteiger partial charge in [0.15, 0.2) is 11.5 Å². The fourth-order valence-corrected chi connectivity index (χ4v) is 6.09. The number of nitrogens with one attached hydrogen (secondary N) is 1. The zero-order valence-corrected chi connectivity index (χ0v) is 22.6. The molecule has 1 amide bonds. The summed E-state index contributed by atoms with van der Waals surface area (Å²) in [5.41, 5.74) is 4.39. The minimum absolute atomic E-state index is 0.206. The van der Waals surface area contributed by atoms with Gasteiger partial charge in [-0.15, -0.1) is 0 Å². The standard InChI is InChI=1S/C30H27BrN4O3/c1-18(20-5-3-2-4-6-20)35-26-12-9-21(30(36)33-22-10-7-19(16-32)8-11-22)13-25(26)34-29(35)23-14-27-28(15-24(23)31)38-17-37-27/h7-15,18,20H,2-6,17H2,1H3,(H,33,36)/t18-/m0/s1. The summed E-state index contributed by atoms with van der Waals surface area (Å²) in [5, 5.41) is 11.9. The second-order valence-corrected chi connectivity index (χ2v) is 10.8. The molecule has 1 fully saturated rings. The maximum atomic E-state index is 13.1. The molecule has 1 aromatic heterocycles. The van der Waals surface area contributed by atoms with Gasteiger partial charge in [0, 0.05) is 27.3 Å². The summed E-state index contributed by atoms with van der Waals surface area (Å²) in [7, 11) is 0. The van der Waals surface area contributed by atoms with Gasteiger partial charge in [-0.3, -0.25) is 4.79 Å². The molecule has 0 spiro atoms. The van der Waals surface area contributed by atoms with E-state index < -0.39 is 0 Å². The third kappa shape index (κ3) is 4.52. The van der Waals surface area contributed by atoms with Crippen molar-refractivity contribution in [1.29, 1.82) is 5.26 Å². The van der Waals surface area contributed by atoms with Gasteiger partial charge in [0.1, 0.15) is 5.82 Å². The first-order valence-electron chi connectivity index (χ1n) is 12.9. The van der Waals surface area contributed by atoms with Gasteiger partial charge in [0.25, 0.3) is 5.91 Å². The number of carbonyl (C=O) groups is 1. The minimum atomic E-state index is -0.225. The van der Waals surface area contributed by atoms with E-state index in [1.807, 2.05) is 30.3 Å². The van der Waals surface area contributed by atoms with Crippen molar-refractivity contribution >= 4 is 38.6 Å². The van der Waals surface area contributed by atoms with Gasteiger partial charge in [-0.25, -0.2) is 4.98 Å². The molecule has 0 radical (unpaired) electrons. The van der Waals surface area contributed by atoms with E-state index in [9.17, 15) is 4.79 Å². The molecule has 1 N–H and O–H groups in total. The van der Waals surface area contributed by atoms with E-state index >= 15 is 0 Å². The van der Waals surface area contributed by atoms with Crippen LogP contribution in [0.3, 0.4) is 0 Å². The Balaban J connectivity index is 1.41. The number of carbonyl (C=O) groups excluding carboxylic acids is 1. The van der Waals surface area contributed by atoms with E-state index in [4.69, 9.17) is 19.7 Å². The summed E-state index contributed by atoms with van der Waals surface area (Å²) in [5.74, 6) is 2.59. The van der Waals surface area contributed by atoms with E-state index in [0.717, 1.165) is 26.9 Å². The van der Waals surface area contributed by atoms with Crippen LogP contribution in [0.2, 0.25) is 0 Å². The largest absolute Gasteiger partial charge is 0.454 e. The molecule has 38 heavy (non-hydrogen) atoms. The fourth-order valence-electron chi connectivity index (χ4n) is 5.59. The Bertz CT molecular complexity index is 1570. The predicted molar refractivity (Wildman–Crippen MR) is 149 cm³/mol. The van der Waals surface area contributed by atoms with Crippen LogP contribution in [0, 0.1) is 17.2 Å². The molecule has 0 saturated heterocycles. The van der Waals surface area contributed by atoms with Gasteiger partial charge >= 0.3 is 0 Å². The van der Waals surface area contributed by atoms with E-state index in [1.165, 1.54) is 32.1 Å². The molecule has 7 nitrogen and oxygen atoms in total. The van der Waals surface area contributed by atoms with Crippen molar-refractivity contribution in [3.8, 4) is 29.0 Å². The van der Waals surface area contributed by atoms with Crippen LogP contribution in [0.1, 0.15) is 61.0 Å². The Labute approximate surface area is 229 Å². The summed E-state index contributed by atoms with van der Waals surface area (Å²) >= 11 is 3.74. The average molecular weight is 571 g/mol. The van der Waals surface area contributed by atoms with Crippen LogP contribution in [0.5, 0.6) is 11.5 Å². The number of hydrogen-bond donors (Lipinski definition) is 1. The zero-order valence-electron chi connectivity index (χ0n) is 21.0. The highest BCUT2D eigenvalue weighted by atomic mass is 79.9. The van der Waals surface area contributed by atoms with Gasteiger partial charge in [-0.1, -0.05) is 19.3 Å². The van der Waals surface area contributed by atoms with E-state index in [2.05, 4.69) is 38.8 Å². The number of aromatic nitrogens is 2. The van der Waals surface area contributed by atoms with Crippen molar-refractivity contribution in [2.75, 3.05) is 12.1 Å². The number of rotatable bonds is 5. The highest BCUT2D eigenvalue weighted by Gasteiger charge is 2.28. The van der Waals surface area contributed by atoms with Gasteiger partial charge in [0.05, 0.1) is 22.7 Å². The summed E-state index contributed by atoms with van der Waals surface area (Å²) < 4.78 is 14.5. The lowest BCUT2D eigenvalue weighted by molar-refractivity contribution is 0.102. The normalized spacial score (nSPS) is 15.8. The molecule has 192 valence electrons. The van der Waals surface area contributed by atoms with Crippen molar-refractivity contribution in [2.24, 2.45) is 5.92 Å². The maximum Gasteiger partial charge on any atom is 0.255 e. The lowest BCUT2D eigenvalue weighted by Gasteiger charge is -2.30. The molecule has 1 atom stereocenters. The van der Waals surface area contributed by atoms with Gasteiger partial charge in [0.2, 0.25) is 6.79 Å². The summed E-state index contributed by atoms with van der Waals surface area (Å²) in [4.78, 5) is 18.2. The predicted octanol–water partition coefficient (Wildman–Crippen LogP) is 7.46. The molecular weight excluding hydrogens is 544 g/mol. The quantitative estimate of drug-likeness (QED) is 0.269. The van der Waals surface area contributed by atoms with Crippen LogP contribution < -0.4 is 14.8 Å². The fraction of sp³-hybridized carbons (Fsp3) is 0.300. The van der Waals surface area contributed by atoms with Crippen molar-refractivity contribution in [3.63, 3.8) is 0 Å². The van der Waals surface area contributed by atoms with Gasteiger partial charge in [-0.05, 0) is 96.2 Å². The summed E-state index contributed by atoms with van der Waals surface area (Å²) in [6, 6.07) is 18.8. The molecule has 0 bridgehead atoms. The number of halogens is 1. The first-order valence-corrected chi connectivity index (χ1v) is 13.7. The number of amides is 1. The third-order valence-corrected chi connectivity index (χ3v) is 8.32. The molecule has 8 heteroatoms. The molecule has 3 aromatic carbocycles. The van der Waals surface area contributed by atoms with Crippen molar-refractivity contribution < 1.29 is 14.3 Å². The van der Waals surface area contributed by atoms with Crippen LogP contribution in [0.15, 0.2) is 59.1 Å². The third-order valence-electron chi connectivity index (χ3n) is 7.67. The molecule has 2 aliphatic rings. The number of ether oxygens (including phenoxy) is 2. The molecular formula is C30H27BrN4O3. The lowest BCUT2D eigenvalue weighted by atomic mass is 9.84. The first-order chi connectivity index (χ1) is 18.5. The SMILES string of the molecule is C[C@@H](C1CCCCC1)n1c(-c2cc3c(cc2Br)OCO3)nc2cc(C(=O)Nc3ccc(C#N)cc3)ccc21. The number of imidazole rings is 1. The molecule has 1 aliphatic heterocycles. The number of anilines is 1. The molecule has 1 aliphatic carbocycles. The Morgan fingerprint density at radius 3 is 2.55 bits per heavy atom. The van der Waals surface area contributed by atoms with E-state index in [0.29, 0.717) is 34.2 Å². The Morgan fingerprint density at radius 1 is 1.08 bits per heavy atom. The van der Waals surface area contributed by atoms with Crippen molar-refractivity contribution in [3.05, 3.63) is 70.2 Å². The number of hydrogen-bond acceptors (Lipinski definition) is 5. The molecule has 6 rings (SSSR count). The number of nitriles is 1. The minimum Gasteiger partial charge on any atom is -0.454 e. The molecule has 4 aromatic rings. The van der Waals surface area contributed by atoms with Gasteiger partial charge in [-0.2, -0.15) is 5.26 Å². The Kier molecular flexibility index (Phi) is 6.54. The van der Waals surface area contributed by atoms with Crippen LogP contribution >= 0.6 is 15.9 Å². The van der Waals surface area contributed by atoms with Crippen LogP contribution in [0.4, 0.5) is 5.69 Å². The van der Waals surface area contributed by atoms with Crippen molar-refractivity contribution in [1.82, 2.24) is 9.55 Å². The van der Waals surface area contributed by atoms with Gasteiger partial charge < -0.3 is 19.4 Å². The maximum absolute atomic E-state index is 13.1. The second-order valence-electron chi connectivity index (χ2n) is 9.98. The highest BCUT2D eigenvalue weighted by Crippen LogP contribution is 2.44. The summed E-state index contributed by atoms with van der Waals surface area (Å²) in [6.45, 7) is 2.49. The topological polar surface area (TPSA) is 89.2 Å². The monoisotopic (exact) mass is 570 g/mol. The first kappa shape index (κ1) is 24.5.